The minimum Gasteiger partial charge on any atom is -0.309 e. The SMILES string of the molecule is CNC(c1ccncc1)c1csc(C)c1. The average molecular weight is 218 g/mol. The zero-order valence-electron chi connectivity index (χ0n) is 8.90. The predicted octanol–water partition coefficient (Wildman–Crippen LogP) is 2.76. The van der Waals surface area contributed by atoms with Gasteiger partial charge in [0.15, 0.2) is 0 Å². The Kier molecular flexibility index (Phi) is 3.14. The second-order valence-corrected chi connectivity index (χ2v) is 4.61. The molecule has 15 heavy (non-hydrogen) atoms. The van der Waals surface area contributed by atoms with Gasteiger partial charge in [-0.1, -0.05) is 0 Å². The van der Waals surface area contributed by atoms with Crippen molar-refractivity contribution < 1.29 is 0 Å². The van der Waals surface area contributed by atoms with Crippen LogP contribution >= 0.6 is 11.3 Å². The summed E-state index contributed by atoms with van der Waals surface area (Å²) in [4.78, 5) is 5.38. The van der Waals surface area contributed by atoms with Gasteiger partial charge in [0.05, 0.1) is 6.04 Å². The van der Waals surface area contributed by atoms with Crippen molar-refractivity contribution in [1.82, 2.24) is 10.3 Å². The first-order valence-corrected chi connectivity index (χ1v) is 5.81. The molecule has 2 nitrogen and oxygen atoms in total. The van der Waals surface area contributed by atoms with Gasteiger partial charge in [-0.25, -0.2) is 0 Å². The number of aromatic nitrogens is 1. The van der Waals surface area contributed by atoms with Crippen LogP contribution in [-0.2, 0) is 0 Å². The number of hydrogen-bond donors (Lipinski definition) is 1. The third kappa shape index (κ3) is 2.25. The lowest BCUT2D eigenvalue weighted by Gasteiger charge is -2.14. The number of nitrogens with zero attached hydrogens (tertiary/aromatic N) is 1. The first-order chi connectivity index (χ1) is 7.31. The summed E-state index contributed by atoms with van der Waals surface area (Å²) in [5.74, 6) is 0. The fourth-order valence-corrected chi connectivity index (χ4v) is 2.43. The van der Waals surface area contributed by atoms with Gasteiger partial charge in [0.1, 0.15) is 0 Å². The van der Waals surface area contributed by atoms with E-state index in [0.717, 1.165) is 0 Å². The van der Waals surface area contributed by atoms with Gasteiger partial charge < -0.3 is 5.32 Å². The lowest BCUT2D eigenvalue weighted by molar-refractivity contribution is 0.693. The highest BCUT2D eigenvalue weighted by Crippen LogP contribution is 2.25. The van der Waals surface area contributed by atoms with Crippen molar-refractivity contribution in [3.63, 3.8) is 0 Å². The highest BCUT2D eigenvalue weighted by Gasteiger charge is 2.12. The summed E-state index contributed by atoms with van der Waals surface area (Å²) in [5.41, 5.74) is 2.58. The molecular formula is C12H14N2S. The van der Waals surface area contributed by atoms with Crippen molar-refractivity contribution in [2.24, 2.45) is 0 Å². The van der Waals surface area contributed by atoms with Crippen LogP contribution in [0.25, 0.3) is 0 Å². The number of hydrogen-bond acceptors (Lipinski definition) is 3. The molecule has 1 N–H and O–H groups in total. The number of nitrogens with one attached hydrogen (secondary N) is 1. The van der Waals surface area contributed by atoms with Crippen molar-refractivity contribution in [3.8, 4) is 0 Å². The maximum absolute atomic E-state index is 4.04. The van der Waals surface area contributed by atoms with Crippen LogP contribution in [0.3, 0.4) is 0 Å². The van der Waals surface area contributed by atoms with Crippen molar-refractivity contribution in [1.29, 1.82) is 0 Å². The van der Waals surface area contributed by atoms with E-state index in [1.807, 2.05) is 31.6 Å². The van der Waals surface area contributed by atoms with E-state index in [9.17, 15) is 0 Å². The van der Waals surface area contributed by atoms with Crippen LogP contribution in [0.5, 0.6) is 0 Å². The Morgan fingerprint density at radius 3 is 2.53 bits per heavy atom. The summed E-state index contributed by atoms with van der Waals surface area (Å²) < 4.78 is 0. The largest absolute Gasteiger partial charge is 0.309 e. The molecule has 0 bridgehead atoms. The fourth-order valence-electron chi connectivity index (χ4n) is 1.70. The highest BCUT2D eigenvalue weighted by molar-refractivity contribution is 7.10. The molecule has 0 fully saturated rings. The number of thiophene rings is 1. The van der Waals surface area contributed by atoms with Gasteiger partial charge in [0.25, 0.3) is 0 Å². The van der Waals surface area contributed by atoms with E-state index < -0.39 is 0 Å². The first-order valence-electron chi connectivity index (χ1n) is 4.93. The van der Waals surface area contributed by atoms with Crippen LogP contribution in [0.1, 0.15) is 22.0 Å². The van der Waals surface area contributed by atoms with Gasteiger partial charge in [-0.3, -0.25) is 4.98 Å². The molecule has 1 unspecified atom stereocenters. The third-order valence-corrected chi connectivity index (χ3v) is 3.29. The molecule has 2 rings (SSSR count). The molecule has 2 aromatic heterocycles. The van der Waals surface area contributed by atoms with Crippen molar-refractivity contribution in [2.75, 3.05) is 7.05 Å². The van der Waals surface area contributed by atoms with E-state index >= 15 is 0 Å². The molecule has 0 radical (unpaired) electrons. The average Bonchev–Trinajstić information content (AvgIpc) is 2.68. The van der Waals surface area contributed by atoms with Gasteiger partial charge in [0.2, 0.25) is 0 Å². The van der Waals surface area contributed by atoms with Crippen molar-refractivity contribution in [2.45, 2.75) is 13.0 Å². The van der Waals surface area contributed by atoms with Crippen LogP contribution in [0.4, 0.5) is 0 Å². The predicted molar refractivity (Wildman–Crippen MR) is 64.2 cm³/mol. The Morgan fingerprint density at radius 1 is 1.27 bits per heavy atom. The van der Waals surface area contributed by atoms with E-state index in [-0.39, 0.29) is 6.04 Å². The minimum absolute atomic E-state index is 0.276. The lowest BCUT2D eigenvalue weighted by atomic mass is 10.0. The van der Waals surface area contributed by atoms with E-state index in [2.05, 4.69) is 28.7 Å². The highest BCUT2D eigenvalue weighted by atomic mass is 32.1. The topological polar surface area (TPSA) is 24.9 Å². The van der Waals surface area contributed by atoms with Gasteiger partial charge in [-0.05, 0) is 48.7 Å². The van der Waals surface area contributed by atoms with Crippen LogP contribution in [0, 0.1) is 6.92 Å². The standard InChI is InChI=1S/C12H14N2S/c1-9-7-11(8-15-9)12(13-2)10-3-5-14-6-4-10/h3-8,12-13H,1-2H3. The Hall–Kier alpha value is -1.19. The van der Waals surface area contributed by atoms with Gasteiger partial charge in [-0.15, -0.1) is 11.3 Å². The normalized spacial score (nSPS) is 12.7. The maximum atomic E-state index is 4.04. The molecule has 3 heteroatoms. The Morgan fingerprint density at radius 2 is 2.00 bits per heavy atom. The Bertz CT molecular complexity index is 422. The molecule has 0 amide bonds. The summed E-state index contributed by atoms with van der Waals surface area (Å²) in [6.07, 6.45) is 3.66. The van der Waals surface area contributed by atoms with Crippen LogP contribution in [0.15, 0.2) is 36.0 Å². The summed E-state index contributed by atoms with van der Waals surface area (Å²) in [6.45, 7) is 2.13. The van der Waals surface area contributed by atoms with E-state index in [1.165, 1.54) is 16.0 Å². The third-order valence-electron chi connectivity index (χ3n) is 2.41. The molecule has 1 atom stereocenters. The van der Waals surface area contributed by atoms with Gasteiger partial charge >= 0.3 is 0 Å². The Labute approximate surface area is 94.0 Å². The molecule has 0 aliphatic carbocycles. The summed E-state index contributed by atoms with van der Waals surface area (Å²) in [5, 5.41) is 5.53. The second-order valence-electron chi connectivity index (χ2n) is 3.49. The number of aryl methyl sites for hydroxylation is 1. The molecule has 2 aromatic rings. The van der Waals surface area contributed by atoms with E-state index in [4.69, 9.17) is 0 Å². The van der Waals surface area contributed by atoms with Gasteiger partial charge in [0, 0.05) is 17.3 Å². The molecule has 2 heterocycles. The zero-order valence-corrected chi connectivity index (χ0v) is 9.71. The van der Waals surface area contributed by atoms with Crippen LogP contribution < -0.4 is 5.32 Å². The quantitative estimate of drug-likeness (QED) is 0.857. The smallest absolute Gasteiger partial charge is 0.0583 e. The monoisotopic (exact) mass is 218 g/mol. The first kappa shape index (κ1) is 10.3. The molecule has 0 aliphatic heterocycles. The van der Waals surface area contributed by atoms with Crippen molar-refractivity contribution >= 4 is 11.3 Å². The molecular weight excluding hydrogens is 204 g/mol. The summed E-state index contributed by atoms with van der Waals surface area (Å²) in [6, 6.07) is 6.60. The molecule has 0 saturated heterocycles. The number of rotatable bonds is 3. The summed E-state index contributed by atoms with van der Waals surface area (Å²) in [7, 11) is 1.98. The fraction of sp³-hybridized carbons (Fsp3) is 0.250. The van der Waals surface area contributed by atoms with E-state index in [1.54, 1.807) is 11.3 Å². The lowest BCUT2D eigenvalue weighted by Crippen LogP contribution is -2.16. The van der Waals surface area contributed by atoms with Crippen molar-refractivity contribution in [3.05, 3.63) is 52.0 Å². The maximum Gasteiger partial charge on any atom is 0.0583 e. The minimum atomic E-state index is 0.276. The second kappa shape index (κ2) is 4.55. The molecule has 0 spiro atoms. The number of pyridine rings is 1. The molecule has 78 valence electrons. The van der Waals surface area contributed by atoms with Crippen LogP contribution in [0.2, 0.25) is 0 Å². The molecule has 0 saturated carbocycles. The Balaban J connectivity index is 2.33. The summed E-state index contributed by atoms with van der Waals surface area (Å²) >= 11 is 1.79. The van der Waals surface area contributed by atoms with E-state index in [0.29, 0.717) is 0 Å². The van der Waals surface area contributed by atoms with Gasteiger partial charge in [-0.2, -0.15) is 0 Å². The zero-order chi connectivity index (χ0) is 10.7. The molecule has 0 aromatic carbocycles. The van der Waals surface area contributed by atoms with Crippen LogP contribution in [-0.4, -0.2) is 12.0 Å². The molecule has 0 aliphatic rings.